The van der Waals surface area contributed by atoms with Crippen molar-refractivity contribution in [2.75, 3.05) is 10.2 Å². The molecule has 0 amide bonds. The fraction of sp³-hybridized carbons (Fsp3) is 0.235. The molecular formula is C17H16F2N2S2. The van der Waals surface area contributed by atoms with E-state index in [1.54, 1.807) is 24.3 Å². The molecule has 0 radical (unpaired) electrons. The highest BCUT2D eigenvalue weighted by molar-refractivity contribution is 7.99. The van der Waals surface area contributed by atoms with E-state index in [9.17, 15) is 8.78 Å². The largest absolute Gasteiger partial charge is 0.332 e. The Hall–Kier alpha value is -1.66. The van der Waals surface area contributed by atoms with E-state index in [4.69, 9.17) is 12.2 Å². The summed E-state index contributed by atoms with van der Waals surface area (Å²) in [5.41, 5.74) is 3.21. The van der Waals surface area contributed by atoms with Crippen molar-refractivity contribution in [3.63, 3.8) is 0 Å². The SMILES string of the molecule is C[C@H]1Cc2ccccc2N1C(=S)Nc1ccc(SC(F)F)cc1. The Bertz CT molecular complexity index is 704. The van der Waals surface area contributed by atoms with Gasteiger partial charge in [-0.3, -0.25) is 0 Å². The molecule has 1 aliphatic heterocycles. The highest BCUT2D eigenvalue weighted by atomic mass is 32.2. The second-order valence-electron chi connectivity index (χ2n) is 5.38. The number of hydrogen-bond donors (Lipinski definition) is 1. The predicted octanol–water partition coefficient (Wildman–Crippen LogP) is 5.15. The summed E-state index contributed by atoms with van der Waals surface area (Å²) in [6.45, 7) is 2.14. The van der Waals surface area contributed by atoms with Crippen molar-refractivity contribution in [2.45, 2.75) is 30.0 Å². The quantitative estimate of drug-likeness (QED) is 0.608. The van der Waals surface area contributed by atoms with Crippen LogP contribution in [0.25, 0.3) is 0 Å². The van der Waals surface area contributed by atoms with Crippen LogP contribution in [0.3, 0.4) is 0 Å². The van der Waals surface area contributed by atoms with E-state index >= 15 is 0 Å². The summed E-state index contributed by atoms with van der Waals surface area (Å²) in [5.74, 6) is -2.41. The van der Waals surface area contributed by atoms with Gasteiger partial charge in [0, 0.05) is 22.3 Å². The number of benzene rings is 2. The van der Waals surface area contributed by atoms with Crippen LogP contribution in [0.5, 0.6) is 0 Å². The number of alkyl halides is 2. The van der Waals surface area contributed by atoms with E-state index in [0.717, 1.165) is 17.8 Å². The van der Waals surface area contributed by atoms with Crippen LogP contribution in [0, 0.1) is 0 Å². The van der Waals surface area contributed by atoms with Gasteiger partial charge in [-0.2, -0.15) is 8.78 Å². The molecule has 1 N–H and O–H groups in total. The minimum absolute atomic E-state index is 0.293. The molecule has 0 aliphatic carbocycles. The topological polar surface area (TPSA) is 15.3 Å². The molecule has 23 heavy (non-hydrogen) atoms. The number of nitrogens with zero attached hydrogens (tertiary/aromatic N) is 1. The standard InChI is InChI=1S/C17H16F2N2S2/c1-11-10-12-4-2-3-5-15(12)21(11)17(22)20-13-6-8-14(9-7-13)23-16(18)19/h2-9,11,16H,10H2,1H3,(H,20,22)/t11-/m0/s1. The molecule has 0 unspecified atom stereocenters. The second kappa shape index (κ2) is 6.84. The number of hydrogen-bond acceptors (Lipinski definition) is 2. The molecule has 0 spiro atoms. The van der Waals surface area contributed by atoms with Crippen LogP contribution < -0.4 is 10.2 Å². The number of thiocarbonyl (C=S) groups is 1. The summed E-state index contributed by atoms with van der Waals surface area (Å²) in [6.07, 6.45) is 0.960. The fourth-order valence-electron chi connectivity index (χ4n) is 2.78. The van der Waals surface area contributed by atoms with Crippen molar-refractivity contribution in [1.29, 1.82) is 0 Å². The molecule has 0 fully saturated rings. The minimum Gasteiger partial charge on any atom is -0.332 e. The van der Waals surface area contributed by atoms with E-state index in [2.05, 4.69) is 29.3 Å². The molecule has 0 saturated carbocycles. The Kier molecular flexibility index (Phi) is 4.82. The number of halogens is 2. The van der Waals surface area contributed by atoms with Crippen molar-refractivity contribution in [1.82, 2.24) is 0 Å². The number of nitrogens with one attached hydrogen (secondary N) is 1. The average Bonchev–Trinajstić information content (AvgIpc) is 2.84. The maximum Gasteiger partial charge on any atom is 0.288 e. The van der Waals surface area contributed by atoms with Crippen LogP contribution in [0.2, 0.25) is 0 Å². The monoisotopic (exact) mass is 350 g/mol. The Morgan fingerprint density at radius 3 is 2.61 bits per heavy atom. The molecule has 2 nitrogen and oxygen atoms in total. The molecular weight excluding hydrogens is 334 g/mol. The normalized spacial score (nSPS) is 16.5. The Balaban J connectivity index is 1.72. The van der Waals surface area contributed by atoms with Gasteiger partial charge in [0.2, 0.25) is 0 Å². The molecule has 0 aromatic heterocycles. The van der Waals surface area contributed by atoms with Crippen molar-refractivity contribution < 1.29 is 8.78 Å². The number of rotatable bonds is 3. The molecule has 0 saturated heterocycles. The average molecular weight is 350 g/mol. The highest BCUT2D eigenvalue weighted by Crippen LogP contribution is 2.32. The van der Waals surface area contributed by atoms with Crippen molar-refractivity contribution >= 4 is 40.5 Å². The third-order valence-corrected chi connectivity index (χ3v) is 4.78. The minimum atomic E-state index is -2.41. The summed E-state index contributed by atoms with van der Waals surface area (Å²) in [4.78, 5) is 2.64. The third-order valence-electron chi connectivity index (χ3n) is 3.76. The van der Waals surface area contributed by atoms with Crippen molar-refractivity contribution in [3.8, 4) is 0 Å². The maximum atomic E-state index is 12.3. The highest BCUT2D eigenvalue weighted by Gasteiger charge is 2.28. The summed E-state index contributed by atoms with van der Waals surface area (Å²) >= 11 is 6.08. The lowest BCUT2D eigenvalue weighted by molar-refractivity contribution is 0.252. The first-order chi connectivity index (χ1) is 11.0. The lowest BCUT2D eigenvalue weighted by atomic mass is 10.1. The molecule has 120 valence electrons. The second-order valence-corrected chi connectivity index (χ2v) is 6.84. The zero-order chi connectivity index (χ0) is 16.4. The van der Waals surface area contributed by atoms with E-state index in [-0.39, 0.29) is 0 Å². The predicted molar refractivity (Wildman–Crippen MR) is 96.6 cm³/mol. The molecule has 6 heteroatoms. The Morgan fingerprint density at radius 2 is 1.91 bits per heavy atom. The summed E-state index contributed by atoms with van der Waals surface area (Å²) in [7, 11) is 0. The lowest BCUT2D eigenvalue weighted by Crippen LogP contribution is -2.38. The molecule has 3 rings (SSSR count). The number of fused-ring (bicyclic) bond motifs is 1. The summed E-state index contributed by atoms with van der Waals surface area (Å²) in [5, 5.41) is 3.82. The molecule has 1 heterocycles. The first-order valence-electron chi connectivity index (χ1n) is 7.27. The maximum absolute atomic E-state index is 12.3. The number of para-hydroxylation sites is 1. The zero-order valence-corrected chi connectivity index (χ0v) is 14.1. The smallest absolute Gasteiger partial charge is 0.288 e. The van der Waals surface area contributed by atoms with Gasteiger partial charge in [0.15, 0.2) is 5.11 Å². The van der Waals surface area contributed by atoms with E-state index in [1.807, 2.05) is 12.1 Å². The Labute approximate surface area is 143 Å². The van der Waals surface area contributed by atoms with Gasteiger partial charge in [-0.1, -0.05) is 30.0 Å². The van der Waals surface area contributed by atoms with E-state index in [1.165, 1.54) is 5.56 Å². The fourth-order valence-corrected chi connectivity index (χ4v) is 3.67. The molecule has 2 aromatic carbocycles. The zero-order valence-electron chi connectivity index (χ0n) is 12.5. The third kappa shape index (κ3) is 3.64. The number of thioether (sulfide) groups is 1. The van der Waals surface area contributed by atoms with Crippen molar-refractivity contribution in [2.24, 2.45) is 0 Å². The lowest BCUT2D eigenvalue weighted by Gasteiger charge is -2.26. The van der Waals surface area contributed by atoms with Crippen molar-refractivity contribution in [3.05, 3.63) is 54.1 Å². The van der Waals surface area contributed by atoms with E-state index in [0.29, 0.717) is 27.8 Å². The van der Waals surface area contributed by atoms with Crippen LogP contribution in [0.1, 0.15) is 12.5 Å². The summed E-state index contributed by atoms with van der Waals surface area (Å²) < 4.78 is 24.7. The molecule has 0 bridgehead atoms. The molecule has 2 aromatic rings. The van der Waals surface area contributed by atoms with Gasteiger partial charge >= 0.3 is 0 Å². The van der Waals surface area contributed by atoms with Crippen LogP contribution in [0.15, 0.2) is 53.4 Å². The van der Waals surface area contributed by atoms with Gasteiger partial charge in [0.25, 0.3) is 5.76 Å². The van der Waals surface area contributed by atoms with Gasteiger partial charge in [-0.05, 0) is 61.5 Å². The molecule has 1 atom stereocenters. The first kappa shape index (κ1) is 16.2. The molecule has 1 aliphatic rings. The van der Waals surface area contributed by atoms with E-state index < -0.39 is 5.76 Å². The van der Waals surface area contributed by atoms with Crippen LogP contribution >= 0.6 is 24.0 Å². The van der Waals surface area contributed by atoms with Gasteiger partial charge < -0.3 is 10.2 Å². The summed E-state index contributed by atoms with van der Waals surface area (Å²) in [6, 6.07) is 15.4. The van der Waals surface area contributed by atoms with Crippen LogP contribution in [-0.4, -0.2) is 16.9 Å². The van der Waals surface area contributed by atoms with Gasteiger partial charge in [-0.25, -0.2) is 0 Å². The van der Waals surface area contributed by atoms with Gasteiger partial charge in [0.1, 0.15) is 0 Å². The van der Waals surface area contributed by atoms with Crippen LogP contribution in [-0.2, 0) is 6.42 Å². The van der Waals surface area contributed by atoms with Gasteiger partial charge in [-0.15, -0.1) is 0 Å². The van der Waals surface area contributed by atoms with Crippen LogP contribution in [0.4, 0.5) is 20.2 Å². The first-order valence-corrected chi connectivity index (χ1v) is 8.56. The Morgan fingerprint density at radius 1 is 1.22 bits per heavy atom. The number of anilines is 2. The van der Waals surface area contributed by atoms with Gasteiger partial charge in [0.05, 0.1) is 0 Å².